The summed E-state index contributed by atoms with van der Waals surface area (Å²) in [6.45, 7) is 0. The first kappa shape index (κ1) is 15.8. The number of ether oxygens (including phenoxy) is 2. The summed E-state index contributed by atoms with van der Waals surface area (Å²) in [6.07, 6.45) is 0. The molecule has 2 aromatic carbocycles. The molecule has 0 aliphatic carbocycles. The topological polar surface area (TPSA) is 81.7 Å². The molecule has 0 atom stereocenters. The Bertz CT molecular complexity index is 772. The van der Waals surface area contributed by atoms with E-state index in [0.29, 0.717) is 0 Å². The highest BCUT2D eigenvalue weighted by molar-refractivity contribution is 7.92. The van der Waals surface area contributed by atoms with Crippen molar-refractivity contribution in [3.8, 4) is 5.75 Å². The molecule has 6 nitrogen and oxygen atoms in total. The summed E-state index contributed by atoms with van der Waals surface area (Å²) in [5, 5.41) is 0. The molecule has 0 aromatic heterocycles. The average molecular weight is 321 g/mol. The summed E-state index contributed by atoms with van der Waals surface area (Å²) in [4.78, 5) is 11.7. The zero-order valence-corrected chi connectivity index (χ0v) is 12.9. The normalized spacial score (nSPS) is 10.8. The highest BCUT2D eigenvalue weighted by Gasteiger charge is 2.17. The first-order valence-corrected chi connectivity index (χ1v) is 7.80. The summed E-state index contributed by atoms with van der Waals surface area (Å²) in [5.41, 5.74) is 0.501. The molecule has 116 valence electrons. The van der Waals surface area contributed by atoms with Gasteiger partial charge in [0.15, 0.2) is 0 Å². The average Bonchev–Trinajstić information content (AvgIpc) is 2.54. The van der Waals surface area contributed by atoms with Crippen molar-refractivity contribution in [2.45, 2.75) is 4.90 Å². The minimum atomic E-state index is -3.70. The first-order valence-electron chi connectivity index (χ1n) is 6.32. The molecule has 0 amide bonds. The van der Waals surface area contributed by atoms with Gasteiger partial charge in [-0.1, -0.05) is 18.2 Å². The van der Waals surface area contributed by atoms with E-state index in [1.807, 2.05) is 0 Å². The number of sulfonamides is 1. The van der Waals surface area contributed by atoms with Crippen LogP contribution in [0.15, 0.2) is 53.4 Å². The van der Waals surface area contributed by atoms with Crippen LogP contribution in [0.2, 0.25) is 0 Å². The van der Waals surface area contributed by atoms with Crippen LogP contribution in [0.25, 0.3) is 0 Å². The molecule has 7 heteroatoms. The largest absolute Gasteiger partial charge is 0.496 e. The number of anilines is 1. The van der Waals surface area contributed by atoms with Crippen LogP contribution in [0.3, 0.4) is 0 Å². The summed E-state index contributed by atoms with van der Waals surface area (Å²) in [5.74, 6) is -0.338. The summed E-state index contributed by atoms with van der Waals surface area (Å²) in [7, 11) is -1.05. The van der Waals surface area contributed by atoms with Crippen LogP contribution < -0.4 is 9.46 Å². The molecular weight excluding hydrogens is 306 g/mol. The van der Waals surface area contributed by atoms with Crippen molar-refractivity contribution in [2.75, 3.05) is 18.9 Å². The SMILES string of the molecule is COC(=O)c1ccc(NS(=O)(=O)c2ccccc2)cc1OC. The third kappa shape index (κ3) is 3.37. The Hall–Kier alpha value is -2.54. The number of nitrogens with one attached hydrogen (secondary N) is 1. The van der Waals surface area contributed by atoms with Crippen molar-refractivity contribution in [2.24, 2.45) is 0 Å². The van der Waals surface area contributed by atoms with E-state index in [4.69, 9.17) is 4.74 Å². The molecule has 0 saturated carbocycles. The Morgan fingerprint density at radius 3 is 2.32 bits per heavy atom. The van der Waals surface area contributed by atoms with Gasteiger partial charge in [0.1, 0.15) is 11.3 Å². The Kier molecular flexibility index (Phi) is 4.67. The van der Waals surface area contributed by atoms with E-state index in [2.05, 4.69) is 9.46 Å². The van der Waals surface area contributed by atoms with Crippen LogP contribution in [-0.4, -0.2) is 28.6 Å². The van der Waals surface area contributed by atoms with E-state index in [-0.39, 0.29) is 21.9 Å². The molecular formula is C15H15NO5S. The Labute approximate surface area is 128 Å². The molecule has 2 aromatic rings. The third-order valence-electron chi connectivity index (χ3n) is 2.91. The van der Waals surface area contributed by atoms with Gasteiger partial charge in [0.05, 0.1) is 24.8 Å². The molecule has 22 heavy (non-hydrogen) atoms. The maximum atomic E-state index is 12.2. The van der Waals surface area contributed by atoms with Crippen molar-refractivity contribution < 1.29 is 22.7 Å². The number of carbonyl (C=O) groups excluding carboxylic acids is 1. The fourth-order valence-electron chi connectivity index (χ4n) is 1.85. The van der Waals surface area contributed by atoms with Gasteiger partial charge in [-0.25, -0.2) is 13.2 Å². The molecule has 0 spiro atoms. The van der Waals surface area contributed by atoms with E-state index in [1.54, 1.807) is 18.2 Å². The molecule has 0 radical (unpaired) electrons. The monoisotopic (exact) mass is 321 g/mol. The molecule has 0 aliphatic heterocycles. The maximum absolute atomic E-state index is 12.2. The number of carbonyl (C=O) groups is 1. The van der Waals surface area contributed by atoms with Crippen LogP contribution in [-0.2, 0) is 14.8 Å². The van der Waals surface area contributed by atoms with Gasteiger partial charge >= 0.3 is 5.97 Å². The van der Waals surface area contributed by atoms with Crippen LogP contribution in [0.4, 0.5) is 5.69 Å². The van der Waals surface area contributed by atoms with E-state index >= 15 is 0 Å². The van der Waals surface area contributed by atoms with E-state index < -0.39 is 16.0 Å². The lowest BCUT2D eigenvalue weighted by Gasteiger charge is -2.11. The second kappa shape index (κ2) is 6.48. The summed E-state index contributed by atoms with van der Waals surface area (Å²) >= 11 is 0. The van der Waals surface area contributed by atoms with Gasteiger partial charge in [-0.15, -0.1) is 0 Å². The molecule has 0 aliphatic rings. The summed E-state index contributed by atoms with van der Waals surface area (Å²) < 4.78 is 36.6. The lowest BCUT2D eigenvalue weighted by Crippen LogP contribution is -2.13. The number of methoxy groups -OCH3 is 2. The van der Waals surface area contributed by atoms with Gasteiger partial charge in [0.25, 0.3) is 10.0 Å². The minimum Gasteiger partial charge on any atom is -0.496 e. The number of esters is 1. The van der Waals surface area contributed by atoms with Gasteiger partial charge in [-0.2, -0.15) is 0 Å². The van der Waals surface area contributed by atoms with Crippen LogP contribution in [0.1, 0.15) is 10.4 Å². The number of rotatable bonds is 5. The smallest absolute Gasteiger partial charge is 0.341 e. The van der Waals surface area contributed by atoms with Gasteiger partial charge < -0.3 is 9.47 Å². The molecule has 1 N–H and O–H groups in total. The van der Waals surface area contributed by atoms with E-state index in [9.17, 15) is 13.2 Å². The van der Waals surface area contributed by atoms with Crippen molar-refractivity contribution in [1.82, 2.24) is 0 Å². The molecule has 0 bridgehead atoms. The predicted octanol–water partition coefficient (Wildman–Crippen LogP) is 2.28. The lowest BCUT2D eigenvalue weighted by atomic mass is 10.2. The zero-order chi connectivity index (χ0) is 16.2. The number of benzene rings is 2. The number of hydrogen-bond donors (Lipinski definition) is 1. The second-order valence-corrected chi connectivity index (χ2v) is 6.01. The third-order valence-corrected chi connectivity index (χ3v) is 4.31. The van der Waals surface area contributed by atoms with Crippen molar-refractivity contribution in [1.29, 1.82) is 0 Å². The maximum Gasteiger partial charge on any atom is 0.341 e. The predicted molar refractivity (Wildman–Crippen MR) is 81.6 cm³/mol. The fraction of sp³-hybridized carbons (Fsp3) is 0.133. The molecule has 0 fully saturated rings. The zero-order valence-electron chi connectivity index (χ0n) is 12.1. The standard InChI is InChI=1S/C15H15NO5S/c1-20-14-10-11(8-9-13(14)15(17)21-2)16-22(18,19)12-6-4-3-5-7-12/h3-10,16H,1-2H3. The Morgan fingerprint density at radius 2 is 1.73 bits per heavy atom. The van der Waals surface area contributed by atoms with Crippen LogP contribution >= 0.6 is 0 Å². The molecule has 0 unspecified atom stereocenters. The van der Waals surface area contributed by atoms with Crippen LogP contribution in [0, 0.1) is 0 Å². The molecule has 2 rings (SSSR count). The lowest BCUT2D eigenvalue weighted by molar-refractivity contribution is 0.0597. The van der Waals surface area contributed by atoms with Gasteiger partial charge in [-0.05, 0) is 24.3 Å². The van der Waals surface area contributed by atoms with Crippen molar-refractivity contribution in [3.05, 3.63) is 54.1 Å². The van der Waals surface area contributed by atoms with E-state index in [1.165, 1.54) is 44.6 Å². The van der Waals surface area contributed by atoms with E-state index in [0.717, 1.165) is 0 Å². The van der Waals surface area contributed by atoms with Gasteiger partial charge in [0, 0.05) is 6.07 Å². The van der Waals surface area contributed by atoms with Crippen LogP contribution in [0.5, 0.6) is 5.75 Å². The highest BCUT2D eigenvalue weighted by Crippen LogP contribution is 2.25. The quantitative estimate of drug-likeness (QED) is 0.854. The Morgan fingerprint density at radius 1 is 1.05 bits per heavy atom. The second-order valence-electron chi connectivity index (χ2n) is 4.33. The minimum absolute atomic E-state index is 0.144. The first-order chi connectivity index (χ1) is 10.5. The fourth-order valence-corrected chi connectivity index (χ4v) is 2.92. The van der Waals surface area contributed by atoms with Crippen molar-refractivity contribution in [3.63, 3.8) is 0 Å². The highest BCUT2D eigenvalue weighted by atomic mass is 32.2. The molecule has 0 saturated heterocycles. The Balaban J connectivity index is 2.33. The van der Waals surface area contributed by atoms with Crippen molar-refractivity contribution >= 4 is 21.7 Å². The summed E-state index contributed by atoms with van der Waals surface area (Å²) in [6, 6.07) is 12.3. The molecule has 0 heterocycles. The number of hydrogen-bond acceptors (Lipinski definition) is 5. The van der Waals surface area contributed by atoms with Gasteiger partial charge in [0.2, 0.25) is 0 Å². The van der Waals surface area contributed by atoms with Gasteiger partial charge in [-0.3, -0.25) is 4.72 Å².